The molecule has 0 saturated carbocycles. The van der Waals surface area contributed by atoms with Gasteiger partial charge in [-0.05, 0) is 12.1 Å². The maximum Gasteiger partial charge on any atom is 0.261 e. The van der Waals surface area contributed by atoms with Gasteiger partial charge in [-0.25, -0.2) is 4.98 Å². The lowest BCUT2D eigenvalue weighted by Crippen LogP contribution is -2.32. The van der Waals surface area contributed by atoms with Crippen LogP contribution < -0.4 is 0 Å². The average Bonchev–Trinajstić information content (AvgIpc) is 2.90. The summed E-state index contributed by atoms with van der Waals surface area (Å²) in [5.41, 5.74) is 1.55. The minimum absolute atomic E-state index is 0.197. The highest BCUT2D eigenvalue weighted by Gasteiger charge is 2.34. The molecule has 1 aromatic heterocycles. The van der Waals surface area contributed by atoms with E-state index in [9.17, 15) is 9.59 Å². The zero-order valence-corrected chi connectivity index (χ0v) is 10.6. The van der Waals surface area contributed by atoms with Gasteiger partial charge in [-0.3, -0.25) is 14.5 Å². The molecule has 5 heteroatoms. The summed E-state index contributed by atoms with van der Waals surface area (Å²) < 4.78 is 1.25. The van der Waals surface area contributed by atoms with Crippen molar-refractivity contribution in [2.24, 2.45) is 0 Å². The highest BCUT2D eigenvalue weighted by atomic mass is 16.2. The molecule has 5 nitrogen and oxygen atoms in total. The van der Waals surface area contributed by atoms with E-state index in [2.05, 4.69) is 4.98 Å². The van der Waals surface area contributed by atoms with E-state index in [1.54, 1.807) is 24.3 Å². The fourth-order valence-corrected chi connectivity index (χ4v) is 2.27. The summed E-state index contributed by atoms with van der Waals surface area (Å²) in [6.45, 7) is 5.77. The van der Waals surface area contributed by atoms with Crippen LogP contribution in [0, 0.1) is 14.0 Å². The third kappa shape index (κ3) is 1.82. The molecule has 0 N–H and O–H groups in total. The minimum Gasteiger partial charge on any atom is -0.324 e. The van der Waals surface area contributed by atoms with Gasteiger partial charge in [-0.15, -0.1) is 0 Å². The van der Waals surface area contributed by atoms with Crippen LogP contribution in [0.25, 0.3) is 0 Å². The Morgan fingerprint density at radius 3 is 2.20 bits per heavy atom. The van der Waals surface area contributed by atoms with Gasteiger partial charge in [0.2, 0.25) is 0 Å². The Hall–Kier alpha value is -2.43. The number of amides is 2. The smallest absolute Gasteiger partial charge is 0.261 e. The SMILES string of the molecule is [CH]c1ncc(CCN2C(=O)c3ccccc3C2=O)n1[CH]. The number of aromatic nitrogens is 2. The fraction of sp³-hybridized carbons (Fsp3) is 0.133. The average molecular weight is 265 g/mol. The van der Waals surface area contributed by atoms with Gasteiger partial charge >= 0.3 is 0 Å². The molecule has 2 amide bonds. The van der Waals surface area contributed by atoms with Gasteiger partial charge in [0.05, 0.1) is 18.2 Å². The van der Waals surface area contributed by atoms with Crippen LogP contribution in [-0.2, 0) is 6.42 Å². The van der Waals surface area contributed by atoms with Crippen LogP contribution in [0.1, 0.15) is 32.2 Å². The fourth-order valence-electron chi connectivity index (χ4n) is 2.27. The highest BCUT2D eigenvalue weighted by molar-refractivity contribution is 6.21. The molecule has 0 unspecified atom stereocenters. The predicted molar refractivity (Wildman–Crippen MR) is 70.8 cm³/mol. The van der Waals surface area contributed by atoms with Crippen molar-refractivity contribution in [3.05, 3.63) is 67.1 Å². The number of carbonyl (C=O) groups excluding carboxylic acids is 2. The lowest BCUT2D eigenvalue weighted by atomic mass is 10.1. The molecule has 3 rings (SSSR count). The first-order valence-corrected chi connectivity index (χ1v) is 6.12. The van der Waals surface area contributed by atoms with Crippen LogP contribution in [0.3, 0.4) is 0 Å². The number of imidazole rings is 1. The van der Waals surface area contributed by atoms with Gasteiger partial charge in [-0.2, -0.15) is 0 Å². The largest absolute Gasteiger partial charge is 0.324 e. The van der Waals surface area contributed by atoms with E-state index in [0.717, 1.165) is 0 Å². The highest BCUT2D eigenvalue weighted by Crippen LogP contribution is 2.22. The van der Waals surface area contributed by atoms with Crippen LogP contribution in [0.2, 0.25) is 0 Å². The van der Waals surface area contributed by atoms with Crippen LogP contribution in [0.15, 0.2) is 30.5 Å². The van der Waals surface area contributed by atoms with Crippen molar-refractivity contribution < 1.29 is 9.59 Å². The maximum absolute atomic E-state index is 12.1. The van der Waals surface area contributed by atoms with Gasteiger partial charge < -0.3 is 4.57 Å². The van der Waals surface area contributed by atoms with E-state index in [1.807, 2.05) is 0 Å². The summed E-state index contributed by atoms with van der Waals surface area (Å²) in [5, 5.41) is 0. The number of rotatable bonds is 3. The first-order valence-electron chi connectivity index (χ1n) is 6.12. The predicted octanol–water partition coefficient (Wildman–Crippen LogP) is 1.30. The Morgan fingerprint density at radius 2 is 1.70 bits per heavy atom. The van der Waals surface area contributed by atoms with E-state index < -0.39 is 0 Å². The monoisotopic (exact) mass is 265 g/mol. The van der Waals surface area contributed by atoms with Crippen LogP contribution in [0.4, 0.5) is 0 Å². The molecule has 4 radical (unpaired) electrons. The summed E-state index contributed by atoms with van der Waals surface area (Å²) in [6.07, 6.45) is 1.94. The quantitative estimate of drug-likeness (QED) is 0.786. The number of imide groups is 1. The molecule has 0 fully saturated rings. The van der Waals surface area contributed by atoms with E-state index in [4.69, 9.17) is 14.0 Å². The maximum atomic E-state index is 12.1. The third-order valence-electron chi connectivity index (χ3n) is 3.37. The molecular weight excluding hydrogens is 254 g/mol. The van der Waals surface area contributed by atoms with Crippen molar-refractivity contribution >= 4 is 11.8 Å². The number of fused-ring (bicyclic) bond motifs is 1. The molecule has 1 aromatic carbocycles. The number of hydrogen-bond acceptors (Lipinski definition) is 3. The second-order valence-electron chi connectivity index (χ2n) is 4.54. The first-order chi connectivity index (χ1) is 9.59. The van der Waals surface area contributed by atoms with Gasteiger partial charge in [-0.1, -0.05) is 12.1 Å². The molecule has 1 aliphatic rings. The van der Waals surface area contributed by atoms with Gasteiger partial charge in [0, 0.05) is 31.8 Å². The summed E-state index contributed by atoms with van der Waals surface area (Å²) in [7, 11) is 5.68. The molecule has 20 heavy (non-hydrogen) atoms. The Kier molecular flexibility index (Phi) is 2.89. The number of carbonyl (C=O) groups is 2. The molecule has 1 aliphatic heterocycles. The zero-order valence-electron chi connectivity index (χ0n) is 10.6. The normalized spacial score (nSPS) is 14.0. The summed E-state index contributed by atoms with van der Waals surface area (Å²) in [6, 6.07) is 6.79. The van der Waals surface area contributed by atoms with E-state index in [-0.39, 0.29) is 24.2 Å². The second kappa shape index (κ2) is 4.59. The van der Waals surface area contributed by atoms with Gasteiger partial charge in [0.1, 0.15) is 5.82 Å². The van der Waals surface area contributed by atoms with E-state index in [0.29, 0.717) is 23.2 Å². The van der Waals surface area contributed by atoms with Crippen molar-refractivity contribution in [3.8, 4) is 0 Å². The van der Waals surface area contributed by atoms with Crippen LogP contribution >= 0.6 is 0 Å². The minimum atomic E-state index is -0.276. The van der Waals surface area contributed by atoms with Crippen LogP contribution in [-0.4, -0.2) is 32.8 Å². The van der Waals surface area contributed by atoms with Gasteiger partial charge in [0.15, 0.2) is 0 Å². The summed E-state index contributed by atoms with van der Waals surface area (Å²) in [4.78, 5) is 29.4. The molecule has 0 atom stereocenters. The molecule has 98 valence electrons. The molecule has 0 saturated heterocycles. The summed E-state index contributed by atoms with van der Waals surface area (Å²) in [5.74, 6) is -0.356. The van der Waals surface area contributed by atoms with E-state index in [1.165, 1.54) is 15.7 Å². The lowest BCUT2D eigenvalue weighted by Gasteiger charge is -2.13. The van der Waals surface area contributed by atoms with Crippen molar-refractivity contribution in [2.75, 3.05) is 6.54 Å². The van der Waals surface area contributed by atoms with Crippen molar-refractivity contribution in [2.45, 2.75) is 6.42 Å². The number of nitrogens with zero attached hydrogens (tertiary/aromatic N) is 3. The number of hydrogen-bond donors (Lipinski definition) is 0. The zero-order chi connectivity index (χ0) is 14.3. The molecular formula is C15H11N3O2. The molecule has 2 heterocycles. The Balaban J connectivity index is 1.79. The summed E-state index contributed by atoms with van der Waals surface area (Å²) >= 11 is 0. The molecule has 2 aromatic rings. The molecule has 0 spiro atoms. The topological polar surface area (TPSA) is 55.2 Å². The molecule has 0 aliphatic carbocycles. The Labute approximate surface area is 116 Å². The number of benzene rings is 1. The van der Waals surface area contributed by atoms with Crippen molar-refractivity contribution in [1.82, 2.24) is 14.5 Å². The lowest BCUT2D eigenvalue weighted by molar-refractivity contribution is 0.0655. The Morgan fingerprint density at radius 1 is 1.10 bits per heavy atom. The van der Waals surface area contributed by atoms with Crippen molar-refractivity contribution in [1.29, 1.82) is 0 Å². The second-order valence-corrected chi connectivity index (χ2v) is 4.54. The Bertz CT molecular complexity index is 668. The van der Waals surface area contributed by atoms with Crippen LogP contribution in [0.5, 0.6) is 0 Å². The standard InChI is InChI=1S/C15H11N3O2/c1-10-16-9-11(17(10)2)7-8-18-14(19)12-5-3-4-6-13(12)15(18)20/h1-6,9H,7-8H2. The van der Waals surface area contributed by atoms with Gasteiger partial charge in [0.25, 0.3) is 11.8 Å². The third-order valence-corrected chi connectivity index (χ3v) is 3.37. The molecule has 0 bridgehead atoms. The van der Waals surface area contributed by atoms with Crippen molar-refractivity contribution in [3.63, 3.8) is 0 Å². The first kappa shape index (κ1) is 12.6. The van der Waals surface area contributed by atoms with E-state index >= 15 is 0 Å².